The topological polar surface area (TPSA) is 64.1 Å². The van der Waals surface area contributed by atoms with Crippen molar-refractivity contribution in [3.05, 3.63) is 36.4 Å². The summed E-state index contributed by atoms with van der Waals surface area (Å²) in [5.41, 5.74) is 1.73. The number of rotatable bonds is 2. The molecule has 4 rings (SSSR count). The Kier molecular flexibility index (Phi) is 2.77. The number of para-hydroxylation sites is 1. The molecule has 1 unspecified atom stereocenters. The van der Waals surface area contributed by atoms with E-state index in [0.29, 0.717) is 11.7 Å². The van der Waals surface area contributed by atoms with Crippen LogP contribution < -0.4 is 5.32 Å². The van der Waals surface area contributed by atoms with Gasteiger partial charge in [0, 0.05) is 11.9 Å². The van der Waals surface area contributed by atoms with Gasteiger partial charge in [0.15, 0.2) is 0 Å². The molecule has 2 aromatic heterocycles. The van der Waals surface area contributed by atoms with E-state index in [1.807, 2.05) is 24.3 Å². The molecule has 102 valence electrons. The zero-order valence-electron chi connectivity index (χ0n) is 11.0. The molecule has 0 spiro atoms. The second kappa shape index (κ2) is 4.76. The van der Waals surface area contributed by atoms with E-state index in [-0.39, 0.29) is 0 Å². The van der Waals surface area contributed by atoms with Crippen LogP contribution in [0.15, 0.2) is 39.5 Å². The van der Waals surface area contributed by atoms with Gasteiger partial charge in [-0.25, -0.2) is 0 Å². The van der Waals surface area contributed by atoms with E-state index in [4.69, 9.17) is 8.94 Å². The smallest absolute Gasteiger partial charge is 0.231 e. The highest BCUT2D eigenvalue weighted by Gasteiger charge is 2.22. The van der Waals surface area contributed by atoms with Gasteiger partial charge < -0.3 is 14.3 Å². The van der Waals surface area contributed by atoms with Crippen molar-refractivity contribution in [3.8, 4) is 11.4 Å². The summed E-state index contributed by atoms with van der Waals surface area (Å²) in [6.07, 6.45) is 3.94. The zero-order valence-corrected chi connectivity index (χ0v) is 11.0. The molecule has 1 fully saturated rings. The maximum absolute atomic E-state index is 5.52. The number of hydrogen-bond donors (Lipinski definition) is 1. The summed E-state index contributed by atoms with van der Waals surface area (Å²) in [5.74, 6) is 1.65. The number of piperidine rings is 1. The minimum Gasteiger partial charge on any atom is -0.464 e. The van der Waals surface area contributed by atoms with Crippen LogP contribution in [0.4, 0.5) is 0 Å². The van der Waals surface area contributed by atoms with Crippen LogP contribution in [0, 0.1) is 0 Å². The van der Waals surface area contributed by atoms with Crippen molar-refractivity contribution in [3.63, 3.8) is 0 Å². The van der Waals surface area contributed by atoms with Crippen LogP contribution >= 0.6 is 0 Å². The Bertz CT molecular complexity index is 725. The molecule has 5 heteroatoms. The Hall–Kier alpha value is -2.14. The van der Waals surface area contributed by atoms with Gasteiger partial charge in [0.25, 0.3) is 0 Å². The average Bonchev–Trinajstić information content (AvgIpc) is 3.14. The van der Waals surface area contributed by atoms with Crippen molar-refractivity contribution in [2.45, 2.75) is 18.8 Å². The van der Waals surface area contributed by atoms with Crippen molar-refractivity contribution in [1.29, 1.82) is 0 Å². The van der Waals surface area contributed by atoms with E-state index in [9.17, 15) is 0 Å². The number of furan rings is 1. The monoisotopic (exact) mass is 269 g/mol. The third-order valence-corrected chi connectivity index (χ3v) is 3.81. The lowest BCUT2D eigenvalue weighted by atomic mass is 10.00. The fourth-order valence-electron chi connectivity index (χ4n) is 2.72. The lowest BCUT2D eigenvalue weighted by molar-refractivity contribution is 0.322. The molecule has 5 nitrogen and oxygen atoms in total. The summed E-state index contributed by atoms with van der Waals surface area (Å²) >= 11 is 0. The normalized spacial score (nSPS) is 19.5. The summed E-state index contributed by atoms with van der Waals surface area (Å²) in [5, 5.41) is 8.49. The van der Waals surface area contributed by atoms with Crippen LogP contribution in [0.2, 0.25) is 0 Å². The van der Waals surface area contributed by atoms with Gasteiger partial charge in [0.05, 0.1) is 11.5 Å². The van der Waals surface area contributed by atoms with Gasteiger partial charge in [0.2, 0.25) is 11.7 Å². The molecule has 0 bridgehead atoms. The van der Waals surface area contributed by atoms with E-state index in [0.717, 1.165) is 48.4 Å². The molecule has 0 aliphatic carbocycles. The number of hydrogen-bond acceptors (Lipinski definition) is 5. The van der Waals surface area contributed by atoms with Crippen molar-refractivity contribution >= 4 is 11.0 Å². The molecule has 1 aromatic carbocycles. The molecule has 3 heterocycles. The van der Waals surface area contributed by atoms with Crippen LogP contribution in [0.5, 0.6) is 0 Å². The minimum atomic E-state index is 0.322. The summed E-state index contributed by atoms with van der Waals surface area (Å²) in [6.45, 7) is 1.98. The standard InChI is InChI=1S/C15H15N3O2/c1-2-6-13-11(5-1)12(9-19-13)14-17-15(20-18-14)10-4-3-7-16-8-10/h1-2,5-6,9-10,16H,3-4,7-8H2. The molecular formula is C15H15N3O2. The molecule has 0 saturated carbocycles. The Morgan fingerprint density at radius 2 is 2.20 bits per heavy atom. The number of fused-ring (bicyclic) bond motifs is 1. The SMILES string of the molecule is c1ccc2c(-c3noc(C4CCCNC4)n3)coc2c1. The molecule has 1 N–H and O–H groups in total. The first-order valence-corrected chi connectivity index (χ1v) is 6.93. The van der Waals surface area contributed by atoms with Gasteiger partial charge in [-0.05, 0) is 25.5 Å². The molecule has 1 saturated heterocycles. The Morgan fingerprint density at radius 1 is 1.25 bits per heavy atom. The van der Waals surface area contributed by atoms with Gasteiger partial charge in [-0.2, -0.15) is 4.98 Å². The third kappa shape index (κ3) is 1.91. The maximum Gasteiger partial charge on any atom is 0.231 e. The van der Waals surface area contributed by atoms with Crippen LogP contribution in [-0.2, 0) is 0 Å². The molecule has 1 aliphatic heterocycles. The Labute approximate surface area is 116 Å². The Morgan fingerprint density at radius 3 is 3.10 bits per heavy atom. The van der Waals surface area contributed by atoms with Gasteiger partial charge in [-0.15, -0.1) is 0 Å². The van der Waals surface area contributed by atoms with E-state index < -0.39 is 0 Å². The van der Waals surface area contributed by atoms with Gasteiger partial charge in [0.1, 0.15) is 11.8 Å². The summed E-state index contributed by atoms with van der Waals surface area (Å²) in [4.78, 5) is 4.55. The highest BCUT2D eigenvalue weighted by molar-refractivity contribution is 5.91. The number of nitrogens with zero attached hydrogens (tertiary/aromatic N) is 2. The largest absolute Gasteiger partial charge is 0.464 e. The molecule has 0 amide bonds. The van der Waals surface area contributed by atoms with E-state index >= 15 is 0 Å². The summed E-state index contributed by atoms with van der Waals surface area (Å²) in [7, 11) is 0. The van der Waals surface area contributed by atoms with E-state index in [1.165, 1.54) is 0 Å². The predicted octanol–water partition coefficient (Wildman–Crippen LogP) is 2.95. The Balaban J connectivity index is 1.70. The number of aromatic nitrogens is 2. The van der Waals surface area contributed by atoms with Gasteiger partial charge in [-0.1, -0.05) is 23.4 Å². The predicted molar refractivity (Wildman–Crippen MR) is 74.4 cm³/mol. The molecule has 3 aromatic rings. The van der Waals surface area contributed by atoms with Crippen molar-refractivity contribution in [2.24, 2.45) is 0 Å². The molecule has 20 heavy (non-hydrogen) atoms. The van der Waals surface area contributed by atoms with Crippen molar-refractivity contribution in [2.75, 3.05) is 13.1 Å². The second-order valence-electron chi connectivity index (χ2n) is 5.15. The quantitative estimate of drug-likeness (QED) is 0.775. The zero-order chi connectivity index (χ0) is 13.4. The fourth-order valence-corrected chi connectivity index (χ4v) is 2.72. The number of benzene rings is 1. The first-order chi connectivity index (χ1) is 9.92. The van der Waals surface area contributed by atoms with Crippen LogP contribution in [0.1, 0.15) is 24.7 Å². The highest BCUT2D eigenvalue weighted by atomic mass is 16.5. The first-order valence-electron chi connectivity index (χ1n) is 6.93. The maximum atomic E-state index is 5.52. The van der Waals surface area contributed by atoms with Gasteiger partial charge in [-0.3, -0.25) is 0 Å². The van der Waals surface area contributed by atoms with E-state index in [1.54, 1.807) is 6.26 Å². The molecule has 1 atom stereocenters. The fraction of sp³-hybridized carbons (Fsp3) is 0.333. The summed E-state index contributed by atoms with van der Waals surface area (Å²) < 4.78 is 11.0. The lowest BCUT2D eigenvalue weighted by Gasteiger charge is -2.18. The average molecular weight is 269 g/mol. The highest BCUT2D eigenvalue weighted by Crippen LogP contribution is 2.30. The van der Waals surface area contributed by atoms with Crippen LogP contribution in [-0.4, -0.2) is 23.2 Å². The van der Waals surface area contributed by atoms with Crippen molar-refractivity contribution < 1.29 is 8.94 Å². The third-order valence-electron chi connectivity index (χ3n) is 3.81. The molecular weight excluding hydrogens is 254 g/mol. The van der Waals surface area contributed by atoms with Crippen LogP contribution in [0.3, 0.4) is 0 Å². The van der Waals surface area contributed by atoms with Crippen molar-refractivity contribution in [1.82, 2.24) is 15.5 Å². The minimum absolute atomic E-state index is 0.322. The second-order valence-corrected chi connectivity index (χ2v) is 5.15. The summed E-state index contributed by atoms with van der Waals surface area (Å²) in [6, 6.07) is 7.87. The first kappa shape index (κ1) is 11.7. The lowest BCUT2D eigenvalue weighted by Crippen LogP contribution is -2.28. The number of nitrogens with one attached hydrogen (secondary N) is 1. The van der Waals surface area contributed by atoms with Gasteiger partial charge >= 0.3 is 0 Å². The van der Waals surface area contributed by atoms with Crippen LogP contribution in [0.25, 0.3) is 22.4 Å². The molecule has 0 radical (unpaired) electrons. The molecule has 1 aliphatic rings. The van der Waals surface area contributed by atoms with E-state index in [2.05, 4.69) is 15.5 Å².